The molecule has 0 aliphatic heterocycles. The molecule has 1 atom stereocenters. The Morgan fingerprint density at radius 1 is 1.12 bits per heavy atom. The lowest BCUT2D eigenvalue weighted by atomic mass is 9.85. The summed E-state index contributed by atoms with van der Waals surface area (Å²) in [7, 11) is 3.99. The van der Waals surface area contributed by atoms with Crippen molar-refractivity contribution >= 4 is 5.78 Å². The molecule has 16 heavy (non-hydrogen) atoms. The van der Waals surface area contributed by atoms with Gasteiger partial charge in [0, 0.05) is 32.3 Å². The molecule has 1 aromatic carbocycles. The molecule has 0 saturated heterocycles. The van der Waals surface area contributed by atoms with E-state index >= 15 is 0 Å². The molecule has 1 unspecified atom stereocenters. The molecule has 0 heterocycles. The second kappa shape index (κ2) is 4.52. The van der Waals surface area contributed by atoms with Gasteiger partial charge in [-0.2, -0.15) is 0 Å². The monoisotopic (exact) mass is 215 g/mol. The van der Waals surface area contributed by atoms with Crippen LogP contribution < -0.4 is 0 Å². The van der Waals surface area contributed by atoms with Gasteiger partial charge in [-0.1, -0.05) is 30.3 Å². The van der Waals surface area contributed by atoms with Gasteiger partial charge < -0.3 is 4.90 Å². The van der Waals surface area contributed by atoms with Gasteiger partial charge in [-0.05, 0) is 17.9 Å². The normalized spacial score (nSPS) is 20.5. The first-order valence-electron chi connectivity index (χ1n) is 5.62. The van der Waals surface area contributed by atoms with E-state index in [1.807, 2.05) is 37.2 Å². The van der Waals surface area contributed by atoms with Crippen LogP contribution in [-0.2, 0) is 4.79 Å². The molecule has 1 aromatic rings. The summed E-state index contributed by atoms with van der Waals surface area (Å²) in [5.74, 6) is 0.583. The molecule has 0 N–H and O–H groups in total. The first-order valence-corrected chi connectivity index (χ1v) is 5.62. The van der Waals surface area contributed by atoms with Crippen molar-refractivity contribution in [3.05, 3.63) is 47.7 Å². The highest BCUT2D eigenvalue weighted by molar-refractivity contribution is 5.91. The molecule has 1 aliphatic carbocycles. The Kier molecular flexibility index (Phi) is 3.09. The molecular formula is C14H17NO. The summed E-state index contributed by atoms with van der Waals surface area (Å²) in [4.78, 5) is 13.7. The second-order valence-corrected chi connectivity index (χ2v) is 4.51. The molecular weight excluding hydrogens is 198 g/mol. The van der Waals surface area contributed by atoms with Crippen LogP contribution in [0.25, 0.3) is 0 Å². The Bertz CT molecular complexity index is 406. The quantitative estimate of drug-likeness (QED) is 0.755. The molecule has 2 rings (SSSR count). The van der Waals surface area contributed by atoms with Crippen molar-refractivity contribution < 1.29 is 4.79 Å². The molecule has 0 aromatic heterocycles. The van der Waals surface area contributed by atoms with Crippen LogP contribution in [0.1, 0.15) is 24.3 Å². The molecule has 0 radical (unpaired) electrons. The van der Waals surface area contributed by atoms with Crippen molar-refractivity contribution in [2.24, 2.45) is 0 Å². The number of benzene rings is 1. The smallest absolute Gasteiger partial charge is 0.158 e. The maximum atomic E-state index is 11.7. The maximum Gasteiger partial charge on any atom is 0.158 e. The van der Waals surface area contributed by atoms with Gasteiger partial charge >= 0.3 is 0 Å². The van der Waals surface area contributed by atoms with Crippen LogP contribution in [0.5, 0.6) is 0 Å². The van der Waals surface area contributed by atoms with Crippen LogP contribution in [-0.4, -0.2) is 24.8 Å². The van der Waals surface area contributed by atoms with Crippen LogP contribution in [0, 0.1) is 0 Å². The highest BCUT2D eigenvalue weighted by Crippen LogP contribution is 2.31. The minimum atomic E-state index is 0.240. The lowest BCUT2D eigenvalue weighted by molar-refractivity contribution is -0.115. The van der Waals surface area contributed by atoms with Gasteiger partial charge in [0.25, 0.3) is 0 Å². The number of carbonyl (C=O) groups is 1. The third-order valence-electron chi connectivity index (χ3n) is 3.08. The fourth-order valence-corrected chi connectivity index (χ4v) is 2.14. The van der Waals surface area contributed by atoms with E-state index in [1.165, 1.54) is 5.56 Å². The fourth-order valence-electron chi connectivity index (χ4n) is 2.14. The Balaban J connectivity index is 2.21. The summed E-state index contributed by atoms with van der Waals surface area (Å²) in [5, 5.41) is 0. The second-order valence-electron chi connectivity index (χ2n) is 4.51. The summed E-state index contributed by atoms with van der Waals surface area (Å²) in [6.45, 7) is 0. The van der Waals surface area contributed by atoms with Gasteiger partial charge in [-0.15, -0.1) is 0 Å². The number of allylic oxidation sites excluding steroid dienone is 2. The minimum absolute atomic E-state index is 0.240. The summed E-state index contributed by atoms with van der Waals surface area (Å²) >= 11 is 0. The van der Waals surface area contributed by atoms with Crippen LogP contribution in [0.2, 0.25) is 0 Å². The predicted molar refractivity (Wildman–Crippen MR) is 65.2 cm³/mol. The summed E-state index contributed by atoms with van der Waals surface area (Å²) in [6, 6.07) is 10.3. The van der Waals surface area contributed by atoms with E-state index < -0.39 is 0 Å². The largest absolute Gasteiger partial charge is 0.381 e. The van der Waals surface area contributed by atoms with E-state index in [0.29, 0.717) is 12.3 Å². The summed E-state index contributed by atoms with van der Waals surface area (Å²) in [6.07, 6.45) is 3.38. The maximum absolute atomic E-state index is 11.7. The average Bonchev–Trinajstić information content (AvgIpc) is 2.29. The van der Waals surface area contributed by atoms with E-state index in [0.717, 1.165) is 12.1 Å². The first-order chi connectivity index (χ1) is 7.66. The number of rotatable bonds is 2. The van der Waals surface area contributed by atoms with Crippen LogP contribution >= 0.6 is 0 Å². The molecule has 0 saturated carbocycles. The SMILES string of the molecule is CN(C)C1=CC(=O)CC(c2ccccc2)C1. The first kappa shape index (κ1) is 10.9. The van der Waals surface area contributed by atoms with E-state index in [-0.39, 0.29) is 5.78 Å². The van der Waals surface area contributed by atoms with Crippen molar-refractivity contribution in [1.82, 2.24) is 4.90 Å². The zero-order valence-electron chi connectivity index (χ0n) is 9.81. The van der Waals surface area contributed by atoms with Crippen molar-refractivity contribution in [3.63, 3.8) is 0 Å². The number of hydrogen-bond acceptors (Lipinski definition) is 2. The zero-order valence-corrected chi connectivity index (χ0v) is 9.81. The molecule has 0 spiro atoms. The van der Waals surface area contributed by atoms with Crippen molar-refractivity contribution in [2.75, 3.05) is 14.1 Å². The average molecular weight is 215 g/mol. The molecule has 0 fully saturated rings. The predicted octanol–water partition coefficient (Wildman–Crippen LogP) is 2.58. The zero-order chi connectivity index (χ0) is 11.5. The third kappa shape index (κ3) is 2.32. The standard InChI is InChI=1S/C14H17NO/c1-15(2)13-8-12(9-14(16)10-13)11-6-4-3-5-7-11/h3-7,10,12H,8-9H2,1-2H3. The van der Waals surface area contributed by atoms with Gasteiger partial charge in [0.1, 0.15) is 0 Å². The van der Waals surface area contributed by atoms with Crippen molar-refractivity contribution in [3.8, 4) is 0 Å². The highest BCUT2D eigenvalue weighted by Gasteiger charge is 2.22. The van der Waals surface area contributed by atoms with Crippen molar-refractivity contribution in [2.45, 2.75) is 18.8 Å². The summed E-state index contributed by atoms with van der Waals surface area (Å²) < 4.78 is 0. The molecule has 0 amide bonds. The van der Waals surface area contributed by atoms with Gasteiger partial charge in [-0.25, -0.2) is 0 Å². The fraction of sp³-hybridized carbons (Fsp3) is 0.357. The molecule has 84 valence electrons. The van der Waals surface area contributed by atoms with Crippen LogP contribution in [0.15, 0.2) is 42.1 Å². The van der Waals surface area contributed by atoms with E-state index in [4.69, 9.17) is 0 Å². The van der Waals surface area contributed by atoms with E-state index in [9.17, 15) is 4.79 Å². The number of carbonyl (C=O) groups excluding carboxylic acids is 1. The van der Waals surface area contributed by atoms with E-state index in [2.05, 4.69) is 12.1 Å². The molecule has 2 heteroatoms. The van der Waals surface area contributed by atoms with Gasteiger partial charge in [0.05, 0.1) is 0 Å². The van der Waals surface area contributed by atoms with Crippen LogP contribution in [0.4, 0.5) is 0 Å². The Hall–Kier alpha value is -1.57. The number of nitrogens with zero attached hydrogens (tertiary/aromatic N) is 1. The lowest BCUT2D eigenvalue weighted by Gasteiger charge is -2.26. The highest BCUT2D eigenvalue weighted by atomic mass is 16.1. The Labute approximate surface area is 96.6 Å². The van der Waals surface area contributed by atoms with Crippen molar-refractivity contribution in [1.29, 1.82) is 0 Å². The Morgan fingerprint density at radius 3 is 2.44 bits per heavy atom. The molecule has 0 bridgehead atoms. The van der Waals surface area contributed by atoms with E-state index in [1.54, 1.807) is 6.08 Å². The minimum Gasteiger partial charge on any atom is -0.381 e. The number of hydrogen-bond donors (Lipinski definition) is 0. The molecule has 1 aliphatic rings. The lowest BCUT2D eigenvalue weighted by Crippen LogP contribution is -2.21. The third-order valence-corrected chi connectivity index (χ3v) is 3.08. The van der Waals surface area contributed by atoms with Gasteiger partial charge in [-0.3, -0.25) is 4.79 Å². The van der Waals surface area contributed by atoms with Gasteiger partial charge in [0.15, 0.2) is 5.78 Å². The number of ketones is 1. The topological polar surface area (TPSA) is 20.3 Å². The molecule has 2 nitrogen and oxygen atoms in total. The Morgan fingerprint density at radius 2 is 1.81 bits per heavy atom. The van der Waals surface area contributed by atoms with Crippen LogP contribution in [0.3, 0.4) is 0 Å². The summed E-state index contributed by atoms with van der Waals surface area (Å²) in [5.41, 5.74) is 2.40. The van der Waals surface area contributed by atoms with Gasteiger partial charge in [0.2, 0.25) is 0 Å².